The fourth-order valence-corrected chi connectivity index (χ4v) is 4.59. The van der Waals surface area contributed by atoms with E-state index in [2.05, 4.69) is 33.1 Å². The Balaban J connectivity index is 1.29. The van der Waals surface area contributed by atoms with E-state index < -0.39 is 0 Å². The number of benzene rings is 2. The molecule has 1 atom stereocenters. The summed E-state index contributed by atoms with van der Waals surface area (Å²) in [4.78, 5) is 17.3. The molecule has 1 aliphatic rings. The fraction of sp³-hybridized carbons (Fsp3) is 0.250. The zero-order valence-corrected chi connectivity index (χ0v) is 18.4. The van der Waals surface area contributed by atoms with Gasteiger partial charge in [-0.3, -0.25) is 4.79 Å². The van der Waals surface area contributed by atoms with Gasteiger partial charge in [-0.25, -0.2) is 4.98 Å². The lowest BCUT2D eigenvalue weighted by molar-refractivity contribution is 0.0787. The SMILES string of the molecule is COCCn1c(-c2nc(C(=O)NCC3COc4ccccc4O3)cs2)cc2ccccc21. The highest BCUT2D eigenvalue weighted by molar-refractivity contribution is 7.13. The molecule has 0 aliphatic carbocycles. The number of rotatable bonds is 7. The maximum atomic E-state index is 12.7. The van der Waals surface area contributed by atoms with Crippen LogP contribution in [0.3, 0.4) is 0 Å². The van der Waals surface area contributed by atoms with Crippen LogP contribution in [0.4, 0.5) is 0 Å². The van der Waals surface area contributed by atoms with Crippen molar-refractivity contribution >= 4 is 28.1 Å². The number of methoxy groups -OCH3 is 1. The highest BCUT2D eigenvalue weighted by Gasteiger charge is 2.22. The number of nitrogens with zero attached hydrogens (tertiary/aromatic N) is 2. The Bertz CT molecular complexity index is 1250. The number of hydrogen-bond acceptors (Lipinski definition) is 6. The van der Waals surface area contributed by atoms with Gasteiger partial charge in [0.05, 0.1) is 18.8 Å². The van der Waals surface area contributed by atoms with Gasteiger partial charge in [-0.15, -0.1) is 11.3 Å². The number of nitrogens with one attached hydrogen (secondary N) is 1. The molecule has 1 unspecified atom stereocenters. The number of para-hydroxylation sites is 3. The third-order valence-electron chi connectivity index (χ3n) is 5.34. The molecule has 0 saturated heterocycles. The first kappa shape index (κ1) is 20.5. The van der Waals surface area contributed by atoms with Crippen molar-refractivity contribution in [2.75, 3.05) is 26.9 Å². The normalized spacial score (nSPS) is 15.1. The number of ether oxygens (including phenoxy) is 3. The van der Waals surface area contributed by atoms with E-state index in [4.69, 9.17) is 14.2 Å². The van der Waals surface area contributed by atoms with Crippen molar-refractivity contribution in [2.45, 2.75) is 12.6 Å². The summed E-state index contributed by atoms with van der Waals surface area (Å²) in [5.74, 6) is 1.19. The Kier molecular flexibility index (Phi) is 5.79. The third kappa shape index (κ3) is 4.06. The largest absolute Gasteiger partial charge is 0.486 e. The molecular weight excluding hydrogens is 426 g/mol. The molecule has 2 aromatic carbocycles. The van der Waals surface area contributed by atoms with Crippen molar-refractivity contribution in [2.24, 2.45) is 0 Å². The number of fused-ring (bicyclic) bond motifs is 2. The van der Waals surface area contributed by atoms with Crippen molar-refractivity contribution in [3.05, 3.63) is 65.7 Å². The summed E-state index contributed by atoms with van der Waals surface area (Å²) < 4.78 is 19.1. The number of carbonyl (C=O) groups is 1. The van der Waals surface area contributed by atoms with Crippen LogP contribution in [0.2, 0.25) is 0 Å². The summed E-state index contributed by atoms with van der Waals surface area (Å²) in [5, 5.41) is 6.63. The molecule has 1 aliphatic heterocycles. The molecule has 0 spiro atoms. The van der Waals surface area contributed by atoms with Gasteiger partial charge in [-0.1, -0.05) is 30.3 Å². The van der Waals surface area contributed by atoms with Crippen LogP contribution in [0, 0.1) is 0 Å². The Morgan fingerprint density at radius 2 is 2.03 bits per heavy atom. The fourth-order valence-electron chi connectivity index (χ4n) is 3.77. The van der Waals surface area contributed by atoms with E-state index in [1.54, 1.807) is 12.5 Å². The minimum absolute atomic E-state index is 0.227. The van der Waals surface area contributed by atoms with Crippen LogP contribution < -0.4 is 14.8 Å². The van der Waals surface area contributed by atoms with Gasteiger partial charge < -0.3 is 24.1 Å². The number of carbonyl (C=O) groups excluding carboxylic acids is 1. The Morgan fingerprint density at radius 3 is 2.91 bits per heavy atom. The van der Waals surface area contributed by atoms with Gasteiger partial charge in [0.25, 0.3) is 5.91 Å². The minimum atomic E-state index is -0.247. The molecule has 0 radical (unpaired) electrons. The van der Waals surface area contributed by atoms with Crippen LogP contribution in [-0.4, -0.2) is 48.4 Å². The van der Waals surface area contributed by atoms with Gasteiger partial charge in [-0.05, 0) is 24.3 Å². The average molecular weight is 450 g/mol. The van der Waals surface area contributed by atoms with E-state index in [-0.39, 0.29) is 12.0 Å². The number of aromatic nitrogens is 2. The van der Waals surface area contributed by atoms with E-state index in [0.717, 1.165) is 27.4 Å². The van der Waals surface area contributed by atoms with Crippen molar-refractivity contribution < 1.29 is 19.0 Å². The Morgan fingerprint density at radius 1 is 1.22 bits per heavy atom. The van der Waals surface area contributed by atoms with E-state index >= 15 is 0 Å². The van der Waals surface area contributed by atoms with Gasteiger partial charge in [0.2, 0.25) is 0 Å². The zero-order valence-electron chi connectivity index (χ0n) is 17.6. The van der Waals surface area contributed by atoms with Crippen molar-refractivity contribution in [3.63, 3.8) is 0 Å². The molecule has 164 valence electrons. The first-order valence-corrected chi connectivity index (χ1v) is 11.3. The average Bonchev–Trinajstić information content (AvgIpc) is 3.46. The molecular formula is C24H23N3O4S. The summed E-state index contributed by atoms with van der Waals surface area (Å²) in [6.07, 6.45) is -0.247. The summed E-state index contributed by atoms with van der Waals surface area (Å²) in [6, 6.07) is 17.8. The lowest BCUT2D eigenvalue weighted by Crippen LogP contribution is -2.40. The van der Waals surface area contributed by atoms with E-state index in [0.29, 0.717) is 37.7 Å². The number of amides is 1. The minimum Gasteiger partial charge on any atom is -0.486 e. The van der Waals surface area contributed by atoms with Crippen LogP contribution >= 0.6 is 11.3 Å². The molecule has 5 rings (SSSR count). The smallest absolute Gasteiger partial charge is 0.270 e. The maximum Gasteiger partial charge on any atom is 0.270 e. The summed E-state index contributed by atoms with van der Waals surface area (Å²) in [5.41, 5.74) is 2.49. The molecule has 3 heterocycles. The number of hydrogen-bond donors (Lipinski definition) is 1. The predicted octanol–water partition coefficient (Wildman–Crippen LogP) is 3.98. The zero-order chi connectivity index (χ0) is 21.9. The van der Waals surface area contributed by atoms with E-state index in [9.17, 15) is 4.79 Å². The first-order chi connectivity index (χ1) is 15.7. The quantitative estimate of drug-likeness (QED) is 0.462. The molecule has 0 saturated carbocycles. The van der Waals surface area contributed by atoms with Crippen molar-refractivity contribution in [1.29, 1.82) is 0 Å². The van der Waals surface area contributed by atoms with Crippen LogP contribution in [-0.2, 0) is 11.3 Å². The second-order valence-electron chi connectivity index (χ2n) is 7.48. The second kappa shape index (κ2) is 9.02. The molecule has 4 aromatic rings. The van der Waals surface area contributed by atoms with Crippen molar-refractivity contribution in [3.8, 4) is 22.2 Å². The van der Waals surface area contributed by atoms with Gasteiger partial charge in [0, 0.05) is 29.9 Å². The molecule has 1 amide bonds. The number of thiazole rings is 1. The first-order valence-electron chi connectivity index (χ1n) is 10.4. The third-order valence-corrected chi connectivity index (χ3v) is 6.21. The topological polar surface area (TPSA) is 74.6 Å². The molecule has 7 nitrogen and oxygen atoms in total. The van der Waals surface area contributed by atoms with Gasteiger partial charge in [0.15, 0.2) is 11.5 Å². The van der Waals surface area contributed by atoms with Crippen LogP contribution in [0.1, 0.15) is 10.5 Å². The van der Waals surface area contributed by atoms with Crippen LogP contribution in [0.25, 0.3) is 21.6 Å². The molecule has 1 N–H and O–H groups in total. The second-order valence-corrected chi connectivity index (χ2v) is 8.34. The van der Waals surface area contributed by atoms with Crippen LogP contribution in [0.5, 0.6) is 11.5 Å². The summed E-state index contributed by atoms with van der Waals surface area (Å²) in [7, 11) is 1.69. The Hall–Kier alpha value is -3.36. The summed E-state index contributed by atoms with van der Waals surface area (Å²) >= 11 is 1.46. The molecule has 0 fully saturated rings. The van der Waals surface area contributed by atoms with Crippen molar-refractivity contribution in [1.82, 2.24) is 14.9 Å². The lowest BCUT2D eigenvalue weighted by atomic mass is 10.2. The lowest BCUT2D eigenvalue weighted by Gasteiger charge is -2.26. The standard InChI is InChI=1S/C24H23N3O4S/c1-29-11-10-27-19-7-3-2-6-16(19)12-20(27)24-26-18(15-32-24)23(28)25-13-17-14-30-21-8-4-5-9-22(21)31-17/h2-9,12,15,17H,10-11,13-14H2,1H3,(H,25,28). The predicted molar refractivity (Wildman–Crippen MR) is 124 cm³/mol. The Labute approximate surface area is 189 Å². The maximum absolute atomic E-state index is 12.7. The highest BCUT2D eigenvalue weighted by atomic mass is 32.1. The monoisotopic (exact) mass is 449 g/mol. The molecule has 8 heteroatoms. The van der Waals surface area contributed by atoms with Gasteiger partial charge in [-0.2, -0.15) is 0 Å². The van der Waals surface area contributed by atoms with Crippen LogP contribution in [0.15, 0.2) is 60.0 Å². The highest BCUT2D eigenvalue weighted by Crippen LogP contribution is 2.32. The van der Waals surface area contributed by atoms with E-state index in [1.165, 1.54) is 11.3 Å². The van der Waals surface area contributed by atoms with Gasteiger partial charge in [0.1, 0.15) is 23.4 Å². The molecule has 2 aromatic heterocycles. The van der Waals surface area contributed by atoms with Gasteiger partial charge >= 0.3 is 0 Å². The summed E-state index contributed by atoms with van der Waals surface area (Å²) in [6.45, 7) is 2.03. The molecule has 32 heavy (non-hydrogen) atoms. The van der Waals surface area contributed by atoms with E-state index in [1.807, 2.05) is 36.4 Å². The molecule has 0 bridgehead atoms.